The lowest BCUT2D eigenvalue weighted by molar-refractivity contribution is -0.307. The molecule has 25 heavy (non-hydrogen) atoms. The van der Waals surface area contributed by atoms with E-state index in [2.05, 4.69) is 0 Å². The zero-order valence-corrected chi connectivity index (χ0v) is 15.3. The van der Waals surface area contributed by atoms with Crippen molar-refractivity contribution in [1.29, 1.82) is 0 Å². The van der Waals surface area contributed by atoms with Gasteiger partial charge in [0.25, 0.3) is 0 Å². The smallest absolute Gasteiger partial charge is 0.124 e. The summed E-state index contributed by atoms with van der Waals surface area (Å²) < 4.78 is 31.2. The van der Waals surface area contributed by atoms with Crippen molar-refractivity contribution in [3.05, 3.63) is 65.7 Å². The summed E-state index contributed by atoms with van der Waals surface area (Å²) >= 11 is 0. The van der Waals surface area contributed by atoms with Crippen molar-refractivity contribution in [2.45, 2.75) is 24.3 Å². The van der Waals surface area contributed by atoms with Gasteiger partial charge < -0.3 is 32.5 Å². The number of aryl methyl sites for hydroxylation is 1. The van der Waals surface area contributed by atoms with Crippen LogP contribution in [-0.4, -0.2) is 25.0 Å². The highest BCUT2D eigenvalue weighted by Crippen LogP contribution is 2.08. The van der Waals surface area contributed by atoms with Crippen LogP contribution in [0.1, 0.15) is 11.1 Å². The summed E-state index contributed by atoms with van der Waals surface area (Å²) in [6, 6.07) is 14.1. The predicted molar refractivity (Wildman–Crippen MR) is 94.2 cm³/mol. The van der Waals surface area contributed by atoms with Gasteiger partial charge in [-0.25, -0.2) is 8.42 Å². The number of benzene rings is 2. The van der Waals surface area contributed by atoms with Crippen LogP contribution in [-0.2, 0) is 21.3 Å². The van der Waals surface area contributed by atoms with Gasteiger partial charge >= 0.3 is 0 Å². The van der Waals surface area contributed by atoms with Gasteiger partial charge in [0.2, 0.25) is 0 Å². The van der Waals surface area contributed by atoms with Crippen molar-refractivity contribution in [1.82, 2.24) is 12.3 Å². The van der Waals surface area contributed by atoms with E-state index in [1.807, 2.05) is 37.3 Å². The number of rotatable bonds is 4. The van der Waals surface area contributed by atoms with E-state index in [0.717, 1.165) is 11.1 Å². The summed E-state index contributed by atoms with van der Waals surface area (Å²) in [6.07, 6.45) is 0.323. The van der Waals surface area contributed by atoms with E-state index in [4.69, 9.17) is 5.73 Å². The molecular weight excluding hydrogens is 346 g/mol. The third-order valence-electron chi connectivity index (χ3n) is 2.91. The molecule has 0 fully saturated rings. The number of carbonyl (C=O) groups excluding carboxylic acids is 1. The molecule has 0 radical (unpaired) electrons. The molecule has 0 aliphatic rings. The Morgan fingerprint density at radius 3 is 1.92 bits per heavy atom. The zero-order valence-electron chi connectivity index (χ0n) is 14.5. The maximum Gasteiger partial charge on any atom is 0.124 e. The van der Waals surface area contributed by atoms with Gasteiger partial charge in [-0.05, 0) is 31.0 Å². The standard InChI is InChI=1S/C9H11NO2.C7H8O3S.2H3N/c10-8(9(11)12)6-7-4-2-1-3-5-7;1-6-2-4-7(5-3-6)11(8,9)10;;/h1-5,8H,6,10H2,(H,11,12);2-5H,1H3,(H,8,9,10);2*1H3/t8-;;;/m0.../s1. The molecular formula is C16H25N3O5S. The molecule has 0 amide bonds. The van der Waals surface area contributed by atoms with Crippen molar-refractivity contribution < 1.29 is 22.9 Å². The summed E-state index contributed by atoms with van der Waals surface area (Å²) in [7, 11) is -4.27. The molecule has 0 bridgehead atoms. The van der Waals surface area contributed by atoms with E-state index >= 15 is 0 Å². The lowest BCUT2D eigenvalue weighted by Crippen LogP contribution is -2.43. The summed E-state index contributed by atoms with van der Waals surface area (Å²) in [5.41, 5.74) is 7.13. The molecule has 0 saturated carbocycles. The third-order valence-corrected chi connectivity index (χ3v) is 3.76. The van der Waals surface area contributed by atoms with Crippen LogP contribution in [0.15, 0.2) is 59.5 Å². The van der Waals surface area contributed by atoms with Gasteiger partial charge in [0.15, 0.2) is 0 Å². The minimum absolute atomic E-state index is 0. The highest BCUT2D eigenvalue weighted by Gasteiger charge is 2.03. The molecule has 0 unspecified atom stereocenters. The molecule has 0 saturated heterocycles. The fraction of sp³-hybridized carbons (Fsp3) is 0.188. The summed E-state index contributed by atoms with van der Waals surface area (Å²) in [5.74, 6) is -1.21. The van der Waals surface area contributed by atoms with Crippen LogP contribution < -0.4 is 23.1 Å². The SMILES string of the molecule is Cc1ccc(S(=O)(=O)[O-])cc1.N[C@@H](Cc1ccccc1)C(=O)[O-].[NH4+].[NH4+]. The fourth-order valence-electron chi connectivity index (χ4n) is 1.66. The molecule has 0 aliphatic carbocycles. The van der Waals surface area contributed by atoms with Crippen LogP contribution in [0.4, 0.5) is 0 Å². The molecule has 8 nitrogen and oxygen atoms in total. The molecule has 9 heteroatoms. The first-order chi connectivity index (χ1) is 10.7. The summed E-state index contributed by atoms with van der Waals surface area (Å²) in [6.45, 7) is 1.82. The second-order valence-corrected chi connectivity index (χ2v) is 6.26. The van der Waals surface area contributed by atoms with E-state index in [9.17, 15) is 22.9 Å². The number of carboxylic acids is 1. The summed E-state index contributed by atoms with van der Waals surface area (Å²) in [5, 5.41) is 10.3. The van der Waals surface area contributed by atoms with Gasteiger partial charge in [-0.3, -0.25) is 0 Å². The molecule has 2 rings (SSSR count). The predicted octanol–water partition coefficient (Wildman–Crippen LogP) is 0.958. The Morgan fingerprint density at radius 1 is 1.04 bits per heavy atom. The van der Waals surface area contributed by atoms with E-state index in [0.29, 0.717) is 6.42 Å². The normalized spacial score (nSPS) is 11.0. The molecule has 0 aliphatic heterocycles. The molecule has 2 aromatic rings. The zero-order chi connectivity index (χ0) is 17.5. The van der Waals surface area contributed by atoms with Crippen molar-refractivity contribution in [3.8, 4) is 0 Å². The minimum atomic E-state index is -4.27. The molecule has 2 aromatic carbocycles. The average Bonchev–Trinajstić information content (AvgIpc) is 2.48. The van der Waals surface area contributed by atoms with Crippen LogP contribution in [0.3, 0.4) is 0 Å². The van der Waals surface area contributed by atoms with Crippen LogP contribution >= 0.6 is 0 Å². The van der Waals surface area contributed by atoms with Gasteiger partial charge in [0.1, 0.15) is 10.1 Å². The van der Waals surface area contributed by atoms with Gasteiger partial charge in [0, 0.05) is 6.04 Å². The monoisotopic (exact) mass is 371 g/mol. The highest BCUT2D eigenvalue weighted by molar-refractivity contribution is 7.85. The third kappa shape index (κ3) is 9.55. The van der Waals surface area contributed by atoms with Gasteiger partial charge in [-0.15, -0.1) is 0 Å². The first-order valence-corrected chi connectivity index (χ1v) is 8.14. The number of nitrogens with two attached hydrogens (primary N) is 1. The number of hydrogen-bond donors (Lipinski definition) is 3. The Bertz CT molecular complexity index is 734. The van der Waals surface area contributed by atoms with Crippen molar-refractivity contribution >= 4 is 16.1 Å². The van der Waals surface area contributed by atoms with E-state index in [1.165, 1.54) is 12.1 Å². The van der Waals surface area contributed by atoms with Gasteiger partial charge in [-0.1, -0.05) is 48.0 Å². The lowest BCUT2D eigenvalue weighted by Gasteiger charge is -2.11. The molecule has 1 atom stereocenters. The number of hydrogen-bond acceptors (Lipinski definition) is 6. The molecule has 0 spiro atoms. The number of aliphatic carboxylic acids is 1. The Hall–Kier alpha value is -2.30. The van der Waals surface area contributed by atoms with Crippen LogP contribution in [0, 0.1) is 6.92 Å². The van der Waals surface area contributed by atoms with Crippen LogP contribution in [0.5, 0.6) is 0 Å². The molecule has 0 aromatic heterocycles. The number of quaternary nitrogens is 2. The highest BCUT2D eigenvalue weighted by atomic mass is 32.2. The van der Waals surface area contributed by atoms with E-state index in [1.54, 1.807) is 12.1 Å². The maximum absolute atomic E-state index is 10.4. The van der Waals surface area contributed by atoms with Crippen molar-refractivity contribution in [2.24, 2.45) is 5.73 Å². The number of carbonyl (C=O) groups is 1. The average molecular weight is 371 g/mol. The Kier molecular flexibility index (Phi) is 11.3. The van der Waals surface area contributed by atoms with Crippen molar-refractivity contribution in [3.63, 3.8) is 0 Å². The number of carboxylic acid groups (broad SMARTS) is 1. The topological polar surface area (TPSA) is 196 Å². The first-order valence-electron chi connectivity index (χ1n) is 6.73. The summed E-state index contributed by atoms with van der Waals surface area (Å²) in [4.78, 5) is 10.1. The fourth-order valence-corrected chi connectivity index (χ4v) is 2.13. The quantitative estimate of drug-likeness (QED) is 0.668. The first kappa shape index (κ1) is 24.9. The minimum Gasteiger partial charge on any atom is -0.744 e. The second kappa shape index (κ2) is 11.3. The van der Waals surface area contributed by atoms with Gasteiger partial charge in [0.05, 0.1) is 10.9 Å². The van der Waals surface area contributed by atoms with Crippen LogP contribution in [0.25, 0.3) is 0 Å². The molecule has 0 heterocycles. The molecule has 10 N–H and O–H groups in total. The lowest BCUT2D eigenvalue weighted by atomic mass is 10.1. The second-order valence-electron chi connectivity index (χ2n) is 4.88. The van der Waals surface area contributed by atoms with E-state index < -0.39 is 22.1 Å². The Labute approximate surface area is 147 Å². The van der Waals surface area contributed by atoms with E-state index in [-0.39, 0.29) is 17.2 Å². The van der Waals surface area contributed by atoms with Crippen LogP contribution in [0.2, 0.25) is 0 Å². The maximum atomic E-state index is 10.4. The van der Waals surface area contributed by atoms with Gasteiger partial charge in [-0.2, -0.15) is 0 Å². The van der Waals surface area contributed by atoms with Crippen molar-refractivity contribution in [2.75, 3.05) is 0 Å². The Balaban J connectivity index is 0. The molecule has 140 valence electrons. The Morgan fingerprint density at radius 2 is 1.52 bits per heavy atom. The largest absolute Gasteiger partial charge is 0.744 e.